The van der Waals surface area contributed by atoms with Crippen LogP contribution < -0.4 is 26.0 Å². The van der Waals surface area contributed by atoms with Crippen LogP contribution in [0.3, 0.4) is 0 Å². The topological polar surface area (TPSA) is 247 Å². The van der Waals surface area contributed by atoms with Crippen molar-refractivity contribution in [3.8, 4) is 22.8 Å². The Morgan fingerprint density at radius 2 is 1.68 bits per heavy atom. The summed E-state index contributed by atoms with van der Waals surface area (Å²) >= 11 is 0. The predicted molar refractivity (Wildman–Crippen MR) is 223 cm³/mol. The van der Waals surface area contributed by atoms with Gasteiger partial charge in [0.25, 0.3) is 29.5 Å². The Morgan fingerprint density at radius 1 is 0.889 bits per heavy atom. The van der Waals surface area contributed by atoms with Gasteiger partial charge in [-0.2, -0.15) is 0 Å². The molecule has 0 spiro atoms. The van der Waals surface area contributed by atoms with Crippen LogP contribution in [0.25, 0.3) is 11.3 Å². The van der Waals surface area contributed by atoms with Crippen molar-refractivity contribution in [1.29, 1.82) is 0 Å². The number of hydrogen-bond acceptors (Lipinski definition) is 12. The van der Waals surface area contributed by atoms with E-state index in [0.717, 1.165) is 36.1 Å². The van der Waals surface area contributed by atoms with Crippen molar-refractivity contribution in [2.24, 2.45) is 0 Å². The van der Waals surface area contributed by atoms with Gasteiger partial charge in [-0.15, -0.1) is 0 Å². The lowest BCUT2D eigenvalue weighted by Crippen LogP contribution is -2.54. The maximum atomic E-state index is 13.2. The van der Waals surface area contributed by atoms with E-state index in [9.17, 15) is 43.5 Å². The number of piperidine rings is 1. The van der Waals surface area contributed by atoms with Crippen LogP contribution >= 0.6 is 0 Å². The molecule has 3 aromatic carbocycles. The van der Waals surface area contributed by atoms with E-state index in [1.54, 1.807) is 13.1 Å². The van der Waals surface area contributed by atoms with Gasteiger partial charge in [-0.05, 0) is 67.5 Å². The van der Waals surface area contributed by atoms with Crippen LogP contribution in [0.5, 0.6) is 11.5 Å². The second-order valence-electron chi connectivity index (χ2n) is 15.6. The van der Waals surface area contributed by atoms with E-state index in [2.05, 4.69) is 32.5 Å². The fraction of sp³-hybridized carbons (Fsp3) is 0.356. The lowest BCUT2D eigenvalue weighted by molar-refractivity contribution is -0.136. The van der Waals surface area contributed by atoms with Gasteiger partial charge >= 0.3 is 0 Å². The first-order valence-corrected chi connectivity index (χ1v) is 20.8. The summed E-state index contributed by atoms with van der Waals surface area (Å²) in [5.74, 6) is -4.02. The largest absolute Gasteiger partial charge is 0.507 e. The summed E-state index contributed by atoms with van der Waals surface area (Å²) in [5, 5.41) is 25.3. The third-order valence-electron chi connectivity index (χ3n) is 11.3. The van der Waals surface area contributed by atoms with E-state index >= 15 is 0 Å². The van der Waals surface area contributed by atoms with Crippen LogP contribution in [-0.4, -0.2) is 107 Å². The molecule has 0 bridgehead atoms. The summed E-state index contributed by atoms with van der Waals surface area (Å²) in [6, 6.07) is 17.1. The number of nitrogens with one attached hydrogen (secondary N) is 4. The molecular formula is C45H47N7O11. The monoisotopic (exact) mass is 861 g/mol. The summed E-state index contributed by atoms with van der Waals surface area (Å²) in [6.45, 7) is 0.354. The van der Waals surface area contributed by atoms with Gasteiger partial charge in [-0.1, -0.05) is 54.4 Å². The number of hydrogen-bond donors (Lipinski definition) is 5. The molecule has 4 aromatic rings. The molecule has 1 aliphatic carbocycles. The molecule has 2 atom stereocenters. The molecule has 328 valence electrons. The minimum Gasteiger partial charge on any atom is -0.507 e. The molecule has 1 aromatic heterocycles. The Balaban J connectivity index is 0.754. The molecule has 3 aliphatic rings. The molecule has 3 heterocycles. The first-order chi connectivity index (χ1) is 30.4. The second-order valence-corrected chi connectivity index (χ2v) is 15.6. The number of aryl methyl sites for hydroxylation is 1. The Labute approximate surface area is 361 Å². The van der Waals surface area contributed by atoms with E-state index in [-0.39, 0.29) is 89.9 Å². The van der Waals surface area contributed by atoms with Gasteiger partial charge in [-0.25, -0.2) is 0 Å². The molecule has 0 saturated carbocycles. The van der Waals surface area contributed by atoms with E-state index in [1.807, 2.05) is 18.2 Å². The number of imide groups is 2. The smallest absolute Gasteiger partial charge is 0.273 e. The zero-order chi connectivity index (χ0) is 44.6. The average Bonchev–Trinajstić information content (AvgIpc) is 3.99. The normalized spacial score (nSPS) is 16.6. The number of carbonyl (C=O) groups excluding carboxylic acids is 8. The molecular weight excluding hydrogens is 815 g/mol. The maximum absolute atomic E-state index is 13.2. The van der Waals surface area contributed by atoms with Crippen molar-refractivity contribution >= 4 is 47.3 Å². The third-order valence-corrected chi connectivity index (χ3v) is 11.3. The molecule has 2 aliphatic heterocycles. The fourth-order valence-corrected chi connectivity index (χ4v) is 7.87. The van der Waals surface area contributed by atoms with Gasteiger partial charge in [0.1, 0.15) is 17.5 Å². The molecule has 8 amide bonds. The van der Waals surface area contributed by atoms with Crippen LogP contribution in [-0.2, 0) is 25.6 Å². The quantitative estimate of drug-likeness (QED) is 0.0716. The van der Waals surface area contributed by atoms with Gasteiger partial charge in [0.15, 0.2) is 18.1 Å². The number of fused-ring (bicyclic) bond motifs is 2. The highest BCUT2D eigenvalue weighted by atomic mass is 16.5. The highest BCUT2D eigenvalue weighted by molar-refractivity contribution is 6.24. The van der Waals surface area contributed by atoms with Gasteiger partial charge < -0.3 is 35.2 Å². The molecule has 1 saturated heterocycles. The standard InChI is InChI=1S/C45H47N7O11/c1-51(43(59)29-16-14-27(23-34(29)53)36-24-32(50-63-36)41(57)48-31-17-15-26-9-5-6-10-28(26)31)22-21-47-37(54)13-4-2-3-7-20-46-39(56)25-62-35-12-8-11-30-40(35)45(61)52(44(30)60)33-18-19-38(55)49-42(33)58/h5-6,8-12,14,16,23-24,31,33,53H,2-4,7,13,15,17-22,25H2,1H3,(H,46,56)(H,47,54)(H,48,57)(H,49,55,58)/t31-,33?/m1/s1. The number of rotatable bonds is 18. The minimum atomic E-state index is -1.12. The minimum absolute atomic E-state index is 0.00436. The van der Waals surface area contributed by atoms with E-state index in [0.29, 0.717) is 24.9 Å². The van der Waals surface area contributed by atoms with Crippen molar-refractivity contribution in [3.63, 3.8) is 0 Å². The molecule has 1 fully saturated rings. The molecule has 18 nitrogen and oxygen atoms in total. The van der Waals surface area contributed by atoms with Crippen molar-refractivity contribution in [1.82, 2.24) is 36.2 Å². The highest BCUT2D eigenvalue weighted by Gasteiger charge is 2.46. The number of amides is 8. The van der Waals surface area contributed by atoms with Crippen molar-refractivity contribution in [2.45, 2.75) is 69.9 Å². The maximum Gasteiger partial charge on any atom is 0.273 e. The summed E-state index contributed by atoms with van der Waals surface area (Å²) < 4.78 is 11.0. The summed E-state index contributed by atoms with van der Waals surface area (Å²) in [6.07, 6.45) is 4.72. The summed E-state index contributed by atoms with van der Waals surface area (Å²) in [7, 11) is 1.56. The lowest BCUT2D eigenvalue weighted by Gasteiger charge is -2.27. The molecule has 7 rings (SSSR count). The number of unbranched alkanes of at least 4 members (excludes halogenated alkanes) is 3. The third kappa shape index (κ3) is 10.1. The first kappa shape index (κ1) is 43.7. The number of ether oxygens (including phenoxy) is 1. The average molecular weight is 862 g/mol. The van der Waals surface area contributed by atoms with Crippen molar-refractivity contribution < 1.29 is 52.7 Å². The SMILES string of the molecule is CN(CCNC(=O)CCCCCCNC(=O)COc1cccc2c1C(=O)N(C1CCC(=O)NC1=O)C2=O)C(=O)c1ccc(-c2cc(C(=O)N[C@@H]3CCc4ccccc43)no2)cc1O. The Hall–Kier alpha value is -7.37. The van der Waals surface area contributed by atoms with Gasteiger partial charge in [0.05, 0.1) is 22.7 Å². The van der Waals surface area contributed by atoms with Crippen molar-refractivity contribution in [3.05, 3.63) is 100 Å². The van der Waals surface area contributed by atoms with Crippen LogP contribution in [0.1, 0.15) is 110 Å². The van der Waals surface area contributed by atoms with Gasteiger partial charge in [0, 0.05) is 51.2 Å². The van der Waals surface area contributed by atoms with Crippen LogP contribution in [0.4, 0.5) is 0 Å². The number of aromatic nitrogens is 1. The molecule has 5 N–H and O–H groups in total. The number of carbonyl (C=O) groups is 8. The van der Waals surface area contributed by atoms with E-state index in [1.165, 1.54) is 46.9 Å². The number of likely N-dealkylation sites (N-methyl/N-ethyl adjacent to an activating group) is 1. The predicted octanol–water partition coefficient (Wildman–Crippen LogP) is 3.20. The van der Waals surface area contributed by atoms with Gasteiger partial charge in [0.2, 0.25) is 17.7 Å². The summed E-state index contributed by atoms with van der Waals surface area (Å²) in [4.78, 5) is 103. The lowest BCUT2D eigenvalue weighted by atomic mass is 10.0. The second kappa shape index (κ2) is 19.6. The van der Waals surface area contributed by atoms with E-state index in [4.69, 9.17) is 9.26 Å². The zero-order valence-corrected chi connectivity index (χ0v) is 34.6. The highest BCUT2D eigenvalue weighted by Crippen LogP contribution is 2.34. The van der Waals surface area contributed by atoms with Gasteiger partial charge in [-0.3, -0.25) is 48.6 Å². The number of phenols is 1. The van der Waals surface area contributed by atoms with E-state index < -0.39 is 48.1 Å². The first-order valence-electron chi connectivity index (χ1n) is 20.8. The van der Waals surface area contributed by atoms with Crippen LogP contribution in [0, 0.1) is 0 Å². The number of phenolic OH excluding ortho intramolecular Hbond substituents is 1. The molecule has 0 radical (unpaired) electrons. The Morgan fingerprint density at radius 3 is 2.49 bits per heavy atom. The zero-order valence-electron chi connectivity index (χ0n) is 34.6. The number of nitrogens with zero attached hydrogens (tertiary/aromatic N) is 3. The molecule has 1 unspecified atom stereocenters. The van der Waals surface area contributed by atoms with Crippen LogP contribution in [0.2, 0.25) is 0 Å². The summed E-state index contributed by atoms with van der Waals surface area (Å²) in [5.41, 5.74) is 2.89. The molecule has 18 heteroatoms. The van der Waals surface area contributed by atoms with Crippen molar-refractivity contribution in [2.75, 3.05) is 33.3 Å². The van der Waals surface area contributed by atoms with Crippen LogP contribution in [0.15, 0.2) is 71.3 Å². The molecule has 63 heavy (non-hydrogen) atoms. The number of aromatic hydroxyl groups is 1. The number of benzene rings is 3. The fourth-order valence-electron chi connectivity index (χ4n) is 7.87. The Bertz CT molecular complexity index is 2460. The Kier molecular flexibility index (Phi) is 13.6.